The number of carboxylic acid groups (broad SMARTS) is 1. The van der Waals surface area contributed by atoms with Gasteiger partial charge >= 0.3 is 6.09 Å². The van der Waals surface area contributed by atoms with Gasteiger partial charge in [0.2, 0.25) is 22.9 Å². The minimum atomic E-state index is -3.34. The van der Waals surface area contributed by atoms with E-state index < -0.39 is 17.2 Å². The molecule has 2 fully saturated rings. The average molecular weight is 510 g/mol. The van der Waals surface area contributed by atoms with Crippen molar-refractivity contribution < 1.29 is 36.8 Å². The number of piperidine rings is 1. The first-order chi connectivity index (χ1) is 16.7. The summed E-state index contributed by atoms with van der Waals surface area (Å²) < 4.78 is 40.7. The van der Waals surface area contributed by atoms with Crippen molar-refractivity contribution in [1.29, 1.82) is 0 Å². The second-order valence-corrected chi connectivity index (χ2v) is 10.1. The number of amides is 1. The van der Waals surface area contributed by atoms with Crippen molar-refractivity contribution in [2.75, 3.05) is 19.8 Å². The van der Waals surface area contributed by atoms with E-state index in [0.717, 1.165) is 12.0 Å². The number of rotatable bonds is 7. The molecule has 0 aliphatic carbocycles. The van der Waals surface area contributed by atoms with Gasteiger partial charge in [-0.1, -0.05) is 19.1 Å². The van der Waals surface area contributed by atoms with Crippen LogP contribution >= 0.6 is 11.2 Å². The summed E-state index contributed by atoms with van der Waals surface area (Å²) in [6.07, 6.45) is 2.97. The second-order valence-electron chi connectivity index (χ2n) is 8.74. The van der Waals surface area contributed by atoms with Crippen molar-refractivity contribution in [2.45, 2.75) is 51.7 Å². The minimum absolute atomic E-state index is 0.0279. The maximum absolute atomic E-state index is 11.4. The molecule has 2 unspecified atom stereocenters. The lowest BCUT2D eigenvalue weighted by Gasteiger charge is -2.37. The van der Waals surface area contributed by atoms with Crippen molar-refractivity contribution in [3.8, 4) is 17.5 Å². The zero-order valence-corrected chi connectivity index (χ0v) is 20.5. The lowest BCUT2D eigenvalue weighted by atomic mass is 9.98. The zero-order chi connectivity index (χ0) is 25.0. The fourth-order valence-electron chi connectivity index (χ4n) is 4.27. The number of likely N-dealkylation sites (tertiary alicyclic amines) is 1. The van der Waals surface area contributed by atoms with Crippen LogP contribution in [0.1, 0.15) is 37.3 Å². The molecule has 11 nitrogen and oxygen atoms in total. The highest BCUT2D eigenvalue weighted by Crippen LogP contribution is 2.45. The third kappa shape index (κ3) is 6.53. The van der Waals surface area contributed by atoms with Crippen molar-refractivity contribution in [1.82, 2.24) is 14.9 Å². The summed E-state index contributed by atoms with van der Waals surface area (Å²) in [4.78, 5) is 21.4. The van der Waals surface area contributed by atoms with Crippen molar-refractivity contribution >= 4 is 17.2 Å². The van der Waals surface area contributed by atoms with Gasteiger partial charge in [-0.05, 0) is 37.5 Å². The van der Waals surface area contributed by atoms with E-state index in [2.05, 4.69) is 9.97 Å². The molecule has 35 heavy (non-hydrogen) atoms. The Bertz CT molecular complexity index is 1010. The Morgan fingerprint density at radius 1 is 1.17 bits per heavy atom. The van der Waals surface area contributed by atoms with Crippen LogP contribution in [0.3, 0.4) is 0 Å². The van der Waals surface area contributed by atoms with Crippen molar-refractivity contribution in [3.63, 3.8) is 0 Å². The van der Waals surface area contributed by atoms with E-state index in [0.29, 0.717) is 48.9 Å². The van der Waals surface area contributed by atoms with Crippen LogP contribution in [0.4, 0.5) is 4.79 Å². The Morgan fingerprint density at radius 3 is 2.51 bits per heavy atom. The Balaban J connectivity index is 1.35. The molecular weight excluding hydrogens is 478 g/mol. The van der Waals surface area contributed by atoms with Crippen LogP contribution in [-0.4, -0.2) is 67.1 Å². The summed E-state index contributed by atoms with van der Waals surface area (Å²) in [6, 6.07) is 7.45. The average Bonchev–Trinajstić information content (AvgIpc) is 2.84. The predicted octanol–water partition coefficient (Wildman–Crippen LogP) is 4.66. The van der Waals surface area contributed by atoms with E-state index >= 15 is 0 Å². The van der Waals surface area contributed by atoms with Crippen LogP contribution in [0.15, 0.2) is 30.6 Å². The molecule has 2 atom stereocenters. The summed E-state index contributed by atoms with van der Waals surface area (Å²) in [7, 11) is 0. The summed E-state index contributed by atoms with van der Waals surface area (Å²) >= 11 is -3.34. The molecule has 1 amide bonds. The summed E-state index contributed by atoms with van der Waals surface area (Å²) in [6.45, 7) is 4.67. The van der Waals surface area contributed by atoms with E-state index in [9.17, 15) is 19.0 Å². The fourth-order valence-corrected chi connectivity index (χ4v) is 5.07. The molecule has 12 heteroatoms. The number of aromatic nitrogens is 2. The Hall–Kier alpha value is -2.64. The highest BCUT2D eigenvalue weighted by atomic mass is 32.3. The number of carbonyl (C=O) groups is 1. The van der Waals surface area contributed by atoms with Crippen LogP contribution in [-0.2, 0) is 14.8 Å². The molecule has 2 saturated heterocycles. The standard InChI is InChI=1S/C23H31N3O8S/c1-3-18-11-20(8-9-26(18)23(27)28)34-22-15(2)21(24-14-25-22)33-19-6-4-16(5-7-19)10-17-12-31-35(29,30)32-13-17/h4-7,14,17-18,20,29-30H,3,8-13H2,1-2H3,(H,27,28). The third-order valence-electron chi connectivity index (χ3n) is 6.23. The first-order valence-corrected chi connectivity index (χ1v) is 13.0. The first kappa shape index (κ1) is 25.5. The fraction of sp³-hybridized carbons (Fsp3) is 0.522. The van der Waals surface area contributed by atoms with Crippen molar-refractivity contribution in [3.05, 3.63) is 41.7 Å². The van der Waals surface area contributed by atoms with E-state index in [-0.39, 0.29) is 31.3 Å². The quantitative estimate of drug-likeness (QED) is 0.482. The van der Waals surface area contributed by atoms with Gasteiger partial charge in [0.15, 0.2) is 0 Å². The molecule has 3 N–H and O–H groups in total. The van der Waals surface area contributed by atoms with Gasteiger partial charge in [0.05, 0.1) is 18.8 Å². The van der Waals surface area contributed by atoms with Gasteiger partial charge in [-0.3, -0.25) is 17.5 Å². The smallest absolute Gasteiger partial charge is 0.407 e. The molecule has 0 saturated carbocycles. The Labute approximate surface area is 205 Å². The van der Waals surface area contributed by atoms with Crippen LogP contribution in [0.2, 0.25) is 0 Å². The van der Waals surface area contributed by atoms with Gasteiger partial charge in [0.25, 0.3) is 0 Å². The lowest BCUT2D eigenvalue weighted by Crippen LogP contribution is -2.48. The molecule has 1 aromatic carbocycles. The number of hydrogen-bond acceptors (Lipinski definition) is 9. The molecule has 3 heterocycles. The molecule has 2 aliphatic rings. The van der Waals surface area contributed by atoms with E-state index in [4.69, 9.17) is 17.8 Å². The Kier molecular flexibility index (Phi) is 7.97. The summed E-state index contributed by atoms with van der Waals surface area (Å²) in [5, 5.41) is 9.37. The summed E-state index contributed by atoms with van der Waals surface area (Å²) in [5.41, 5.74) is 1.70. The first-order valence-electron chi connectivity index (χ1n) is 11.6. The summed E-state index contributed by atoms with van der Waals surface area (Å²) in [5.74, 6) is 1.45. The van der Waals surface area contributed by atoms with Gasteiger partial charge in [-0.2, -0.15) is 0 Å². The number of ether oxygens (including phenoxy) is 2. The molecule has 0 bridgehead atoms. The van der Waals surface area contributed by atoms with Crippen molar-refractivity contribution in [2.24, 2.45) is 5.92 Å². The molecule has 2 aromatic rings. The monoisotopic (exact) mass is 509 g/mol. The van der Waals surface area contributed by atoms with E-state index in [1.54, 1.807) is 0 Å². The molecule has 192 valence electrons. The van der Waals surface area contributed by atoms with Crippen LogP contribution in [0, 0.1) is 12.8 Å². The molecule has 0 radical (unpaired) electrons. The molecule has 2 aliphatic heterocycles. The molecule has 4 rings (SSSR count). The number of benzene rings is 1. The van der Waals surface area contributed by atoms with Gasteiger partial charge in [0.1, 0.15) is 18.2 Å². The molecular formula is C23H31N3O8S. The number of hydrogen-bond donors (Lipinski definition) is 3. The maximum atomic E-state index is 11.4. The predicted molar refractivity (Wildman–Crippen MR) is 128 cm³/mol. The Morgan fingerprint density at radius 2 is 1.86 bits per heavy atom. The van der Waals surface area contributed by atoms with Crippen LogP contribution in [0.25, 0.3) is 0 Å². The SMILES string of the molecule is CCC1CC(Oc2ncnc(Oc3ccc(CC4COS(O)(O)OC4)cc3)c2C)CCN1C(=O)O. The van der Waals surface area contributed by atoms with Crippen LogP contribution < -0.4 is 9.47 Å². The largest absolute Gasteiger partial charge is 0.474 e. The highest BCUT2D eigenvalue weighted by Gasteiger charge is 2.32. The lowest BCUT2D eigenvalue weighted by molar-refractivity contribution is 0.0506. The second kappa shape index (κ2) is 11.0. The van der Waals surface area contributed by atoms with Gasteiger partial charge in [-0.15, -0.1) is 0 Å². The highest BCUT2D eigenvalue weighted by molar-refractivity contribution is 8.16. The normalized spacial score (nSPS) is 23.5. The molecule has 0 spiro atoms. The van der Waals surface area contributed by atoms with Gasteiger partial charge in [0, 0.05) is 31.3 Å². The third-order valence-corrected chi connectivity index (χ3v) is 7.12. The van der Waals surface area contributed by atoms with E-state index in [1.165, 1.54) is 11.2 Å². The van der Waals surface area contributed by atoms with Gasteiger partial charge in [-0.25, -0.2) is 14.8 Å². The minimum Gasteiger partial charge on any atom is -0.474 e. The van der Waals surface area contributed by atoms with Crippen LogP contribution in [0.5, 0.6) is 17.5 Å². The molecule has 1 aromatic heterocycles. The number of nitrogens with zero attached hydrogens (tertiary/aromatic N) is 3. The maximum Gasteiger partial charge on any atom is 0.407 e. The zero-order valence-electron chi connectivity index (χ0n) is 19.7. The van der Waals surface area contributed by atoms with Gasteiger partial charge < -0.3 is 19.5 Å². The topological polar surface area (TPSA) is 144 Å². The van der Waals surface area contributed by atoms with E-state index in [1.807, 2.05) is 38.1 Å².